The van der Waals surface area contributed by atoms with E-state index in [1.165, 1.54) is 5.56 Å². The third-order valence-corrected chi connectivity index (χ3v) is 4.07. The lowest BCUT2D eigenvalue weighted by Gasteiger charge is -2.20. The van der Waals surface area contributed by atoms with Gasteiger partial charge in [0.15, 0.2) is 0 Å². The highest BCUT2D eigenvalue weighted by Crippen LogP contribution is 2.30. The lowest BCUT2D eigenvalue weighted by Crippen LogP contribution is -2.25. The lowest BCUT2D eigenvalue weighted by atomic mass is 10.1. The zero-order valence-electron chi connectivity index (χ0n) is 9.75. The molecule has 17 heavy (non-hydrogen) atoms. The second kappa shape index (κ2) is 5.40. The highest BCUT2D eigenvalue weighted by atomic mass is 79.9. The van der Waals surface area contributed by atoms with Crippen LogP contribution in [0.5, 0.6) is 0 Å². The van der Waals surface area contributed by atoms with Gasteiger partial charge in [0.1, 0.15) is 0 Å². The van der Waals surface area contributed by atoms with Crippen molar-refractivity contribution >= 4 is 39.1 Å². The third kappa shape index (κ3) is 2.66. The maximum atomic E-state index is 12.0. The largest absolute Gasteiger partial charge is 0.312 e. The van der Waals surface area contributed by atoms with Gasteiger partial charge in [0.2, 0.25) is 5.91 Å². The molecule has 0 aliphatic carbocycles. The van der Waals surface area contributed by atoms with Crippen LogP contribution in [-0.2, 0) is 11.2 Å². The molecule has 1 saturated heterocycles. The van der Waals surface area contributed by atoms with Gasteiger partial charge in [-0.2, -0.15) is 0 Å². The molecule has 0 saturated carbocycles. The quantitative estimate of drug-likeness (QED) is 0.780. The van der Waals surface area contributed by atoms with Crippen LogP contribution in [0.1, 0.15) is 18.9 Å². The summed E-state index contributed by atoms with van der Waals surface area (Å²) < 4.78 is 1.05. The second-order valence-corrected chi connectivity index (χ2v) is 5.58. The van der Waals surface area contributed by atoms with Gasteiger partial charge >= 0.3 is 0 Å². The van der Waals surface area contributed by atoms with Crippen molar-refractivity contribution < 1.29 is 4.79 Å². The van der Waals surface area contributed by atoms with Gasteiger partial charge in [-0.25, -0.2) is 0 Å². The number of alkyl halides is 1. The van der Waals surface area contributed by atoms with Gasteiger partial charge in [-0.05, 0) is 36.1 Å². The molecule has 1 aromatic carbocycles. The molecular formula is C13H15BrClNO. The molecule has 1 aliphatic heterocycles. The Kier molecular flexibility index (Phi) is 4.10. The van der Waals surface area contributed by atoms with Crippen molar-refractivity contribution in [1.82, 2.24) is 0 Å². The van der Waals surface area contributed by atoms with Gasteiger partial charge in [0.05, 0.1) is 0 Å². The average molecular weight is 317 g/mol. The Labute approximate surface area is 115 Å². The van der Waals surface area contributed by atoms with E-state index < -0.39 is 0 Å². The van der Waals surface area contributed by atoms with Crippen LogP contribution in [0.25, 0.3) is 0 Å². The van der Waals surface area contributed by atoms with Crippen molar-refractivity contribution in [3.8, 4) is 0 Å². The summed E-state index contributed by atoms with van der Waals surface area (Å²) in [7, 11) is 0. The first kappa shape index (κ1) is 12.9. The standard InChI is InChI=1S/C13H15BrClNO/c1-2-10-6-11(14)3-4-12(10)16-8-9(7-15)5-13(16)17/h3-4,6,9H,2,5,7-8H2,1H3. The Bertz CT molecular complexity index is 435. The van der Waals surface area contributed by atoms with E-state index >= 15 is 0 Å². The summed E-state index contributed by atoms with van der Waals surface area (Å²) in [5.41, 5.74) is 2.23. The van der Waals surface area contributed by atoms with Crippen LogP contribution in [0.2, 0.25) is 0 Å². The number of carbonyl (C=O) groups is 1. The smallest absolute Gasteiger partial charge is 0.227 e. The highest BCUT2D eigenvalue weighted by Gasteiger charge is 2.30. The first-order valence-electron chi connectivity index (χ1n) is 5.80. The second-order valence-electron chi connectivity index (χ2n) is 4.36. The van der Waals surface area contributed by atoms with E-state index in [4.69, 9.17) is 11.6 Å². The minimum absolute atomic E-state index is 0.188. The molecule has 0 aromatic heterocycles. The first-order valence-corrected chi connectivity index (χ1v) is 7.13. The number of benzene rings is 1. The van der Waals surface area contributed by atoms with E-state index in [0.29, 0.717) is 12.3 Å². The number of aryl methyl sites for hydroxylation is 1. The minimum Gasteiger partial charge on any atom is -0.312 e. The van der Waals surface area contributed by atoms with Gasteiger partial charge in [0.25, 0.3) is 0 Å². The minimum atomic E-state index is 0.188. The highest BCUT2D eigenvalue weighted by molar-refractivity contribution is 9.10. The van der Waals surface area contributed by atoms with Crippen LogP contribution in [-0.4, -0.2) is 18.3 Å². The molecular weight excluding hydrogens is 302 g/mol. The average Bonchev–Trinajstić information content (AvgIpc) is 2.70. The molecule has 4 heteroatoms. The third-order valence-electron chi connectivity index (χ3n) is 3.14. The monoisotopic (exact) mass is 315 g/mol. The van der Waals surface area contributed by atoms with E-state index in [1.807, 2.05) is 17.0 Å². The van der Waals surface area contributed by atoms with Gasteiger partial charge in [-0.3, -0.25) is 4.79 Å². The Morgan fingerprint density at radius 3 is 2.88 bits per heavy atom. The molecule has 1 fully saturated rings. The van der Waals surface area contributed by atoms with E-state index in [0.717, 1.165) is 23.1 Å². The number of hydrogen-bond acceptors (Lipinski definition) is 1. The summed E-state index contributed by atoms with van der Waals surface area (Å²) >= 11 is 9.30. The number of carbonyl (C=O) groups excluding carboxylic acids is 1. The fraction of sp³-hybridized carbons (Fsp3) is 0.462. The van der Waals surface area contributed by atoms with Crippen LogP contribution in [0.3, 0.4) is 0 Å². The predicted octanol–water partition coefficient (Wildman–Crippen LogP) is 3.60. The number of anilines is 1. The van der Waals surface area contributed by atoms with Crippen LogP contribution in [0, 0.1) is 5.92 Å². The topological polar surface area (TPSA) is 20.3 Å². The van der Waals surface area contributed by atoms with Crippen molar-refractivity contribution in [2.45, 2.75) is 19.8 Å². The number of hydrogen-bond donors (Lipinski definition) is 0. The van der Waals surface area contributed by atoms with E-state index in [1.54, 1.807) is 0 Å². The van der Waals surface area contributed by atoms with Crippen LogP contribution in [0.15, 0.2) is 22.7 Å². The number of nitrogens with zero attached hydrogens (tertiary/aromatic N) is 1. The first-order chi connectivity index (χ1) is 8.15. The van der Waals surface area contributed by atoms with Crippen molar-refractivity contribution in [3.63, 3.8) is 0 Å². The van der Waals surface area contributed by atoms with Gasteiger partial charge in [0, 0.05) is 29.0 Å². The maximum Gasteiger partial charge on any atom is 0.227 e. The molecule has 1 aromatic rings. The Morgan fingerprint density at radius 1 is 1.53 bits per heavy atom. The van der Waals surface area contributed by atoms with Crippen LogP contribution < -0.4 is 4.90 Å². The van der Waals surface area contributed by atoms with Gasteiger partial charge in [-0.1, -0.05) is 22.9 Å². The van der Waals surface area contributed by atoms with Crippen LogP contribution in [0.4, 0.5) is 5.69 Å². The van der Waals surface area contributed by atoms with Crippen molar-refractivity contribution in [2.75, 3.05) is 17.3 Å². The number of amides is 1. The number of rotatable bonds is 3. The zero-order valence-corrected chi connectivity index (χ0v) is 12.1. The molecule has 2 rings (SSSR count). The van der Waals surface area contributed by atoms with E-state index in [2.05, 4.69) is 28.9 Å². The predicted molar refractivity (Wildman–Crippen MR) is 74.7 cm³/mol. The van der Waals surface area contributed by atoms with E-state index in [-0.39, 0.29) is 11.8 Å². The van der Waals surface area contributed by atoms with Crippen molar-refractivity contribution in [2.24, 2.45) is 5.92 Å². The summed E-state index contributed by atoms with van der Waals surface area (Å²) in [6, 6.07) is 6.07. The number of halogens is 2. The van der Waals surface area contributed by atoms with Gasteiger partial charge in [-0.15, -0.1) is 11.6 Å². The summed E-state index contributed by atoms with van der Waals surface area (Å²) in [4.78, 5) is 13.8. The summed E-state index contributed by atoms with van der Waals surface area (Å²) in [5.74, 6) is 1.03. The molecule has 0 bridgehead atoms. The Morgan fingerprint density at radius 2 is 2.29 bits per heavy atom. The van der Waals surface area contributed by atoms with Crippen LogP contribution >= 0.6 is 27.5 Å². The van der Waals surface area contributed by atoms with Crippen molar-refractivity contribution in [3.05, 3.63) is 28.2 Å². The van der Waals surface area contributed by atoms with E-state index in [9.17, 15) is 4.79 Å². The fourth-order valence-corrected chi connectivity index (χ4v) is 2.83. The lowest BCUT2D eigenvalue weighted by molar-refractivity contribution is -0.117. The Hall–Kier alpha value is -0.540. The molecule has 1 atom stereocenters. The molecule has 2 nitrogen and oxygen atoms in total. The zero-order chi connectivity index (χ0) is 12.4. The molecule has 1 aliphatic rings. The summed E-state index contributed by atoms with van der Waals surface area (Å²) in [5, 5.41) is 0. The fourth-order valence-electron chi connectivity index (χ4n) is 2.22. The molecule has 1 unspecified atom stereocenters. The summed E-state index contributed by atoms with van der Waals surface area (Å²) in [6.45, 7) is 2.85. The molecule has 0 radical (unpaired) electrons. The maximum absolute atomic E-state index is 12.0. The molecule has 0 spiro atoms. The Balaban J connectivity index is 2.31. The normalized spacial score (nSPS) is 20.1. The van der Waals surface area contributed by atoms with Gasteiger partial charge < -0.3 is 4.90 Å². The van der Waals surface area contributed by atoms with Crippen molar-refractivity contribution in [1.29, 1.82) is 0 Å². The molecule has 0 N–H and O–H groups in total. The molecule has 1 heterocycles. The molecule has 92 valence electrons. The SMILES string of the molecule is CCc1cc(Br)ccc1N1CC(CCl)CC1=O. The molecule has 1 amide bonds. The summed E-state index contributed by atoms with van der Waals surface area (Å²) in [6.07, 6.45) is 1.49.